The summed E-state index contributed by atoms with van der Waals surface area (Å²) in [6.45, 7) is 0.671. The Hall–Kier alpha value is -1.07. The standard InChI is InChI=1S/C15H18F3NO/c16-15(17,18)14(20)8-12-6-7-13(9-14)19(12)10-11-4-2-1-3-5-11/h1-5,12-13,20H,6-10H2/t12-,13+,14+. The highest BCUT2D eigenvalue weighted by Crippen LogP contribution is 2.48. The van der Waals surface area contributed by atoms with Gasteiger partial charge in [0.1, 0.15) is 0 Å². The Labute approximate surface area is 116 Å². The minimum absolute atomic E-state index is 0.166. The Morgan fingerprint density at radius 3 is 2.15 bits per heavy atom. The quantitative estimate of drug-likeness (QED) is 0.902. The summed E-state index contributed by atoms with van der Waals surface area (Å²) in [6, 6.07) is 9.45. The van der Waals surface area contributed by atoms with Gasteiger partial charge in [0, 0.05) is 31.5 Å². The van der Waals surface area contributed by atoms with E-state index in [2.05, 4.69) is 4.90 Å². The smallest absolute Gasteiger partial charge is 0.380 e. The molecule has 2 aliphatic rings. The first-order valence-corrected chi connectivity index (χ1v) is 6.98. The molecule has 2 saturated heterocycles. The number of aliphatic hydroxyl groups is 1. The van der Waals surface area contributed by atoms with Crippen molar-refractivity contribution in [2.75, 3.05) is 0 Å². The third-order valence-corrected chi connectivity index (χ3v) is 4.65. The van der Waals surface area contributed by atoms with E-state index >= 15 is 0 Å². The third-order valence-electron chi connectivity index (χ3n) is 4.65. The Kier molecular flexibility index (Phi) is 3.29. The van der Waals surface area contributed by atoms with Crippen LogP contribution in [0.3, 0.4) is 0 Å². The summed E-state index contributed by atoms with van der Waals surface area (Å²) >= 11 is 0. The second-order valence-corrected chi connectivity index (χ2v) is 5.98. The van der Waals surface area contributed by atoms with Crippen LogP contribution in [0.4, 0.5) is 13.2 Å². The fourth-order valence-corrected chi connectivity index (χ4v) is 3.60. The fourth-order valence-electron chi connectivity index (χ4n) is 3.60. The highest BCUT2D eigenvalue weighted by molar-refractivity contribution is 5.16. The van der Waals surface area contributed by atoms with Crippen molar-refractivity contribution < 1.29 is 18.3 Å². The number of piperidine rings is 1. The van der Waals surface area contributed by atoms with Crippen LogP contribution < -0.4 is 0 Å². The van der Waals surface area contributed by atoms with E-state index in [0.29, 0.717) is 6.54 Å². The molecule has 20 heavy (non-hydrogen) atoms. The number of halogens is 3. The molecular weight excluding hydrogens is 267 g/mol. The Balaban J connectivity index is 1.76. The molecule has 2 bridgehead atoms. The molecule has 2 aliphatic heterocycles. The molecule has 1 aromatic rings. The largest absolute Gasteiger partial charge is 0.417 e. The van der Waals surface area contributed by atoms with Crippen molar-refractivity contribution >= 4 is 0 Å². The maximum Gasteiger partial charge on any atom is 0.417 e. The monoisotopic (exact) mass is 285 g/mol. The van der Waals surface area contributed by atoms with Crippen LogP contribution in [0.1, 0.15) is 31.2 Å². The van der Waals surface area contributed by atoms with Gasteiger partial charge in [-0.3, -0.25) is 4.90 Å². The molecule has 2 heterocycles. The Bertz CT molecular complexity index is 460. The molecule has 110 valence electrons. The van der Waals surface area contributed by atoms with Gasteiger partial charge in [0.2, 0.25) is 0 Å². The van der Waals surface area contributed by atoms with Gasteiger partial charge in [0.05, 0.1) is 0 Å². The number of nitrogens with zero attached hydrogens (tertiary/aromatic N) is 1. The van der Waals surface area contributed by atoms with Crippen molar-refractivity contribution in [1.82, 2.24) is 4.90 Å². The lowest BCUT2D eigenvalue weighted by Crippen LogP contribution is -2.57. The normalized spacial score (nSPS) is 34.4. The number of hydrogen-bond acceptors (Lipinski definition) is 2. The average Bonchev–Trinajstić information content (AvgIpc) is 2.63. The lowest BCUT2D eigenvalue weighted by atomic mass is 9.85. The molecular formula is C15H18F3NO. The first-order chi connectivity index (χ1) is 9.39. The molecule has 0 amide bonds. The van der Waals surface area contributed by atoms with E-state index in [-0.39, 0.29) is 24.9 Å². The van der Waals surface area contributed by atoms with Gasteiger partial charge in [-0.25, -0.2) is 0 Å². The van der Waals surface area contributed by atoms with Gasteiger partial charge in [-0.15, -0.1) is 0 Å². The second-order valence-electron chi connectivity index (χ2n) is 5.98. The predicted octanol–water partition coefficient (Wildman–Crippen LogP) is 3.11. The molecule has 0 saturated carbocycles. The molecule has 5 heteroatoms. The van der Waals surface area contributed by atoms with Crippen molar-refractivity contribution in [3.8, 4) is 0 Å². The van der Waals surface area contributed by atoms with Crippen LogP contribution in [0.2, 0.25) is 0 Å². The van der Waals surface area contributed by atoms with E-state index in [4.69, 9.17) is 0 Å². The first-order valence-electron chi connectivity index (χ1n) is 6.98. The predicted molar refractivity (Wildman–Crippen MR) is 69.0 cm³/mol. The van der Waals surface area contributed by atoms with E-state index < -0.39 is 11.8 Å². The summed E-state index contributed by atoms with van der Waals surface area (Å²) < 4.78 is 39.0. The van der Waals surface area contributed by atoms with Crippen molar-refractivity contribution in [3.63, 3.8) is 0 Å². The summed E-state index contributed by atoms with van der Waals surface area (Å²) in [7, 11) is 0. The summed E-state index contributed by atoms with van der Waals surface area (Å²) in [5, 5.41) is 9.92. The number of alkyl halides is 3. The third kappa shape index (κ3) is 2.33. The molecule has 2 fully saturated rings. The average molecular weight is 285 g/mol. The molecule has 1 aromatic carbocycles. The van der Waals surface area contributed by atoms with Crippen LogP contribution in [0.15, 0.2) is 30.3 Å². The van der Waals surface area contributed by atoms with Crippen molar-refractivity contribution in [2.45, 2.75) is 56.1 Å². The summed E-state index contributed by atoms with van der Waals surface area (Å²) in [5.74, 6) is 0. The van der Waals surface area contributed by atoms with Crippen LogP contribution in [0, 0.1) is 0 Å². The molecule has 0 aromatic heterocycles. The van der Waals surface area contributed by atoms with Crippen molar-refractivity contribution in [3.05, 3.63) is 35.9 Å². The zero-order valence-corrected chi connectivity index (χ0v) is 11.1. The van der Waals surface area contributed by atoms with E-state index in [1.165, 1.54) is 0 Å². The number of hydrogen-bond donors (Lipinski definition) is 1. The van der Waals surface area contributed by atoms with Gasteiger partial charge in [0.15, 0.2) is 5.60 Å². The molecule has 2 nitrogen and oxygen atoms in total. The van der Waals surface area contributed by atoms with E-state index in [1.807, 2.05) is 30.3 Å². The molecule has 0 aliphatic carbocycles. The van der Waals surface area contributed by atoms with Crippen LogP contribution in [0.25, 0.3) is 0 Å². The minimum atomic E-state index is -4.52. The van der Waals surface area contributed by atoms with Crippen LogP contribution in [-0.2, 0) is 6.54 Å². The minimum Gasteiger partial charge on any atom is -0.380 e. The number of rotatable bonds is 2. The zero-order chi connectivity index (χ0) is 14.4. The highest BCUT2D eigenvalue weighted by atomic mass is 19.4. The second kappa shape index (κ2) is 4.74. The lowest BCUT2D eigenvalue weighted by Gasteiger charge is -2.44. The van der Waals surface area contributed by atoms with E-state index in [9.17, 15) is 18.3 Å². The van der Waals surface area contributed by atoms with Crippen LogP contribution in [-0.4, -0.2) is 33.9 Å². The van der Waals surface area contributed by atoms with Crippen molar-refractivity contribution in [1.29, 1.82) is 0 Å². The van der Waals surface area contributed by atoms with E-state index in [0.717, 1.165) is 18.4 Å². The molecule has 0 unspecified atom stereocenters. The topological polar surface area (TPSA) is 23.5 Å². The molecule has 1 N–H and O–H groups in total. The highest BCUT2D eigenvalue weighted by Gasteiger charge is 2.60. The van der Waals surface area contributed by atoms with Gasteiger partial charge in [0.25, 0.3) is 0 Å². The maximum absolute atomic E-state index is 13.0. The van der Waals surface area contributed by atoms with Gasteiger partial charge in [-0.2, -0.15) is 13.2 Å². The first kappa shape index (κ1) is 13.9. The zero-order valence-electron chi connectivity index (χ0n) is 11.1. The van der Waals surface area contributed by atoms with E-state index in [1.54, 1.807) is 0 Å². The molecule has 3 rings (SSSR count). The summed E-state index contributed by atoms with van der Waals surface area (Å²) in [6.07, 6.45) is -3.42. The lowest BCUT2D eigenvalue weighted by molar-refractivity contribution is -0.279. The fraction of sp³-hybridized carbons (Fsp3) is 0.600. The van der Waals surface area contributed by atoms with Gasteiger partial charge in [-0.05, 0) is 18.4 Å². The van der Waals surface area contributed by atoms with Crippen molar-refractivity contribution in [2.24, 2.45) is 0 Å². The summed E-state index contributed by atoms with van der Waals surface area (Å²) in [5.41, 5.74) is -1.38. The number of benzene rings is 1. The van der Waals surface area contributed by atoms with Gasteiger partial charge >= 0.3 is 6.18 Å². The number of fused-ring (bicyclic) bond motifs is 2. The maximum atomic E-state index is 13.0. The van der Waals surface area contributed by atoms with Gasteiger partial charge in [-0.1, -0.05) is 30.3 Å². The summed E-state index contributed by atoms with van der Waals surface area (Å²) in [4.78, 5) is 2.13. The molecule has 0 radical (unpaired) electrons. The van der Waals surface area contributed by atoms with Crippen LogP contribution in [0.5, 0.6) is 0 Å². The Morgan fingerprint density at radius 2 is 1.65 bits per heavy atom. The van der Waals surface area contributed by atoms with Gasteiger partial charge < -0.3 is 5.11 Å². The Morgan fingerprint density at radius 1 is 1.10 bits per heavy atom. The SMILES string of the molecule is O[C@@]1(C(F)(F)F)C[C@H]2CC[C@@H](C1)N2Cc1ccccc1. The van der Waals surface area contributed by atoms with Crippen LogP contribution >= 0.6 is 0 Å². The molecule has 0 spiro atoms. The molecule has 3 atom stereocenters.